The Bertz CT molecular complexity index is 487. The van der Waals surface area contributed by atoms with Crippen molar-refractivity contribution in [3.05, 3.63) is 29.3 Å². The van der Waals surface area contributed by atoms with Gasteiger partial charge in [-0.1, -0.05) is 17.7 Å². The molecule has 0 aromatic heterocycles. The number of piperidine rings is 1. The van der Waals surface area contributed by atoms with Gasteiger partial charge in [-0.15, -0.1) is 12.3 Å². The molecule has 1 heterocycles. The Labute approximate surface area is 118 Å². The van der Waals surface area contributed by atoms with Crippen LogP contribution >= 0.6 is 11.6 Å². The summed E-state index contributed by atoms with van der Waals surface area (Å²) in [5.41, 5.74) is 0. The van der Waals surface area contributed by atoms with Crippen molar-refractivity contribution in [3.63, 3.8) is 0 Å². The van der Waals surface area contributed by atoms with E-state index in [0.717, 1.165) is 19.3 Å². The van der Waals surface area contributed by atoms with Gasteiger partial charge in [0.2, 0.25) is 0 Å². The Morgan fingerprint density at radius 2 is 2.21 bits per heavy atom. The Hall–Kier alpha value is -1.66. The van der Waals surface area contributed by atoms with Crippen LogP contribution in [0.3, 0.4) is 0 Å². The van der Waals surface area contributed by atoms with Gasteiger partial charge in [-0.25, -0.2) is 4.79 Å². The van der Waals surface area contributed by atoms with E-state index in [2.05, 4.69) is 5.92 Å². The van der Waals surface area contributed by atoms with E-state index in [4.69, 9.17) is 22.8 Å². The van der Waals surface area contributed by atoms with Crippen LogP contribution in [0.5, 0.6) is 5.75 Å². The maximum Gasteiger partial charge on any atom is 0.415 e. The summed E-state index contributed by atoms with van der Waals surface area (Å²) in [6.45, 7) is 1.40. The Morgan fingerprint density at radius 1 is 1.47 bits per heavy atom. The highest BCUT2D eigenvalue weighted by Crippen LogP contribution is 2.22. The molecule has 2 rings (SSSR count). The number of likely N-dealkylation sites (tertiary alicyclic amines) is 1. The van der Waals surface area contributed by atoms with Gasteiger partial charge in [0.05, 0.1) is 0 Å². The third kappa shape index (κ3) is 3.90. The van der Waals surface area contributed by atoms with Gasteiger partial charge in [0.15, 0.2) is 0 Å². The van der Waals surface area contributed by atoms with E-state index >= 15 is 0 Å². The van der Waals surface area contributed by atoms with Gasteiger partial charge >= 0.3 is 6.09 Å². The molecular formula is C15H16ClNO2. The number of benzene rings is 1. The quantitative estimate of drug-likeness (QED) is 0.774. The molecule has 1 aromatic rings. The zero-order valence-corrected chi connectivity index (χ0v) is 11.4. The lowest BCUT2D eigenvalue weighted by molar-refractivity contribution is 0.131. The van der Waals surface area contributed by atoms with E-state index in [1.807, 2.05) is 0 Å². The highest BCUT2D eigenvalue weighted by Gasteiger charge is 2.23. The van der Waals surface area contributed by atoms with Crippen LogP contribution in [-0.4, -0.2) is 24.1 Å². The molecular weight excluding hydrogens is 262 g/mol. The minimum absolute atomic E-state index is 0.318. The standard InChI is InChI=1S/C15H16ClNO2/c1-2-4-12-7-9-17(10-8-12)15(18)19-14-6-3-5-13(16)11-14/h1,3,5-6,11-12H,4,7-10H2. The van der Waals surface area contributed by atoms with Crippen molar-refractivity contribution in [2.45, 2.75) is 19.3 Å². The molecule has 1 aromatic carbocycles. The number of hydrogen-bond acceptors (Lipinski definition) is 2. The van der Waals surface area contributed by atoms with Crippen LogP contribution in [-0.2, 0) is 0 Å². The van der Waals surface area contributed by atoms with E-state index in [9.17, 15) is 4.79 Å². The molecule has 0 spiro atoms. The van der Waals surface area contributed by atoms with Crippen LogP contribution < -0.4 is 4.74 Å². The molecule has 0 unspecified atom stereocenters. The first-order chi connectivity index (χ1) is 9.19. The zero-order chi connectivity index (χ0) is 13.7. The highest BCUT2D eigenvalue weighted by molar-refractivity contribution is 6.30. The van der Waals surface area contributed by atoms with E-state index < -0.39 is 0 Å². The van der Waals surface area contributed by atoms with Crippen LogP contribution in [0.2, 0.25) is 5.02 Å². The molecule has 3 nitrogen and oxygen atoms in total. The molecule has 0 atom stereocenters. The molecule has 100 valence electrons. The Balaban J connectivity index is 1.86. The summed E-state index contributed by atoms with van der Waals surface area (Å²) in [5, 5.41) is 0.554. The number of nitrogens with zero attached hydrogens (tertiary/aromatic N) is 1. The average molecular weight is 278 g/mol. The summed E-state index contributed by atoms with van der Waals surface area (Å²) in [6.07, 6.45) is 7.65. The molecule has 1 fully saturated rings. The number of rotatable bonds is 2. The van der Waals surface area contributed by atoms with Crippen LogP contribution in [0.15, 0.2) is 24.3 Å². The number of halogens is 1. The molecule has 0 saturated carbocycles. The third-order valence-electron chi connectivity index (χ3n) is 3.28. The lowest BCUT2D eigenvalue weighted by Crippen LogP contribution is -2.40. The number of terminal acetylenes is 1. The predicted octanol–water partition coefficient (Wildman–Crippen LogP) is 3.57. The van der Waals surface area contributed by atoms with Gasteiger partial charge in [0.25, 0.3) is 0 Å². The Morgan fingerprint density at radius 3 is 2.84 bits per heavy atom. The first kappa shape index (κ1) is 13.8. The van der Waals surface area contributed by atoms with Crippen molar-refractivity contribution in [3.8, 4) is 18.1 Å². The second-order valence-corrected chi connectivity index (χ2v) is 5.10. The first-order valence-electron chi connectivity index (χ1n) is 6.35. The topological polar surface area (TPSA) is 29.5 Å². The van der Waals surface area contributed by atoms with E-state index in [1.54, 1.807) is 29.2 Å². The molecule has 4 heteroatoms. The number of hydrogen-bond donors (Lipinski definition) is 0. The van der Waals surface area contributed by atoms with Crippen molar-refractivity contribution in [2.24, 2.45) is 5.92 Å². The minimum atomic E-state index is -0.318. The average Bonchev–Trinajstić information content (AvgIpc) is 2.40. The number of amides is 1. The zero-order valence-electron chi connectivity index (χ0n) is 10.6. The van der Waals surface area contributed by atoms with E-state index in [0.29, 0.717) is 29.8 Å². The number of ether oxygens (including phenoxy) is 1. The monoisotopic (exact) mass is 277 g/mol. The highest BCUT2D eigenvalue weighted by atomic mass is 35.5. The second-order valence-electron chi connectivity index (χ2n) is 4.66. The predicted molar refractivity (Wildman–Crippen MR) is 75.2 cm³/mol. The molecule has 1 aliphatic rings. The largest absolute Gasteiger partial charge is 0.415 e. The van der Waals surface area contributed by atoms with Gasteiger partial charge in [0, 0.05) is 24.5 Å². The van der Waals surface area contributed by atoms with Crippen molar-refractivity contribution < 1.29 is 9.53 Å². The van der Waals surface area contributed by atoms with Crippen LogP contribution in [0, 0.1) is 18.3 Å². The molecule has 0 bridgehead atoms. The fourth-order valence-corrected chi connectivity index (χ4v) is 2.36. The molecule has 1 saturated heterocycles. The van der Waals surface area contributed by atoms with Crippen molar-refractivity contribution >= 4 is 17.7 Å². The van der Waals surface area contributed by atoms with Crippen LogP contribution in [0.4, 0.5) is 4.79 Å². The summed E-state index contributed by atoms with van der Waals surface area (Å²) in [6, 6.07) is 6.84. The smallest absolute Gasteiger partial charge is 0.410 e. The fourth-order valence-electron chi connectivity index (χ4n) is 2.18. The molecule has 19 heavy (non-hydrogen) atoms. The van der Waals surface area contributed by atoms with Crippen LogP contribution in [0.1, 0.15) is 19.3 Å². The van der Waals surface area contributed by atoms with E-state index in [-0.39, 0.29) is 6.09 Å². The molecule has 0 aliphatic carbocycles. The summed E-state index contributed by atoms with van der Waals surface area (Å²) < 4.78 is 5.29. The van der Waals surface area contributed by atoms with Gasteiger partial charge in [0.1, 0.15) is 5.75 Å². The van der Waals surface area contributed by atoms with Gasteiger partial charge in [-0.3, -0.25) is 0 Å². The first-order valence-corrected chi connectivity index (χ1v) is 6.72. The van der Waals surface area contributed by atoms with Gasteiger partial charge in [-0.05, 0) is 37.0 Å². The molecule has 0 radical (unpaired) electrons. The maximum atomic E-state index is 12.0. The van der Waals surface area contributed by atoms with Crippen molar-refractivity contribution in [1.29, 1.82) is 0 Å². The summed E-state index contributed by atoms with van der Waals surface area (Å²) in [7, 11) is 0. The molecule has 1 aliphatic heterocycles. The van der Waals surface area contributed by atoms with Gasteiger partial charge < -0.3 is 9.64 Å². The fraction of sp³-hybridized carbons (Fsp3) is 0.400. The van der Waals surface area contributed by atoms with Gasteiger partial charge in [-0.2, -0.15) is 0 Å². The second kappa shape index (κ2) is 6.49. The van der Waals surface area contributed by atoms with Crippen molar-refractivity contribution in [1.82, 2.24) is 4.90 Å². The van der Waals surface area contributed by atoms with Crippen LogP contribution in [0.25, 0.3) is 0 Å². The number of carbonyl (C=O) groups excluding carboxylic acids is 1. The minimum Gasteiger partial charge on any atom is -0.410 e. The van der Waals surface area contributed by atoms with Crippen molar-refractivity contribution in [2.75, 3.05) is 13.1 Å². The van der Waals surface area contributed by atoms with E-state index in [1.165, 1.54) is 0 Å². The molecule has 1 amide bonds. The Kier molecular flexibility index (Phi) is 4.70. The number of carbonyl (C=O) groups is 1. The molecule has 0 N–H and O–H groups in total. The third-order valence-corrected chi connectivity index (χ3v) is 3.52. The summed E-state index contributed by atoms with van der Waals surface area (Å²) in [4.78, 5) is 13.7. The maximum absolute atomic E-state index is 12.0. The summed E-state index contributed by atoms with van der Waals surface area (Å²) >= 11 is 5.84. The normalized spacial score (nSPS) is 15.9. The lowest BCUT2D eigenvalue weighted by atomic mass is 9.94. The SMILES string of the molecule is C#CCC1CCN(C(=O)Oc2cccc(Cl)c2)CC1. The summed E-state index contributed by atoms with van der Waals surface area (Å²) in [5.74, 6) is 3.68. The lowest BCUT2D eigenvalue weighted by Gasteiger charge is -2.30.